The summed E-state index contributed by atoms with van der Waals surface area (Å²) in [5, 5.41) is 15.5. The normalized spacial score (nSPS) is 13.4. The van der Waals surface area contributed by atoms with Gasteiger partial charge in [0, 0.05) is 42.4 Å². The molecule has 13 nitrogen and oxygen atoms in total. The molecule has 0 aliphatic carbocycles. The molecule has 0 spiro atoms. The van der Waals surface area contributed by atoms with Gasteiger partial charge in [0.2, 0.25) is 5.95 Å². The Hall–Kier alpha value is -5.77. The second kappa shape index (κ2) is 12.1. The predicted molar refractivity (Wildman–Crippen MR) is 168 cm³/mol. The lowest BCUT2D eigenvalue weighted by molar-refractivity contribution is 0.0954. The molecular weight excluding hydrogens is 653 g/mol. The summed E-state index contributed by atoms with van der Waals surface area (Å²) in [6, 6.07) is 9.52. The number of rotatable bonds is 2. The number of nitrogens with zero attached hydrogens (tertiary/aromatic N) is 8. The van der Waals surface area contributed by atoms with Crippen molar-refractivity contribution < 1.29 is 18.0 Å². The number of amides is 1. The number of aromatic nitrogens is 8. The van der Waals surface area contributed by atoms with Crippen LogP contribution in [0.2, 0.25) is 5.02 Å². The molecule has 8 rings (SSSR count). The van der Waals surface area contributed by atoms with Gasteiger partial charge in [-0.15, -0.1) is 0 Å². The van der Waals surface area contributed by atoms with Crippen LogP contribution in [0, 0.1) is 17.5 Å². The first-order chi connectivity index (χ1) is 23.0. The van der Waals surface area contributed by atoms with Crippen LogP contribution in [0.1, 0.15) is 32.9 Å². The molecule has 5 heterocycles. The van der Waals surface area contributed by atoms with E-state index in [2.05, 4.69) is 30.8 Å². The van der Waals surface area contributed by atoms with Crippen molar-refractivity contribution in [2.75, 3.05) is 11.9 Å². The number of aryl methyl sites for hydroxylation is 1. The summed E-state index contributed by atoms with van der Waals surface area (Å²) in [6.45, 7) is -0.674. The van der Waals surface area contributed by atoms with E-state index in [4.69, 9.17) is 11.6 Å². The first-order valence-corrected chi connectivity index (χ1v) is 14.9. The topological polar surface area (TPSA) is 147 Å². The Labute approximate surface area is 273 Å². The van der Waals surface area contributed by atoms with E-state index in [1.165, 1.54) is 11.0 Å². The number of benzene rings is 3. The third kappa shape index (κ3) is 5.81. The molecule has 0 saturated carbocycles. The zero-order valence-electron chi connectivity index (χ0n) is 25.0. The van der Waals surface area contributed by atoms with Gasteiger partial charge in [-0.05, 0) is 41.8 Å². The van der Waals surface area contributed by atoms with Gasteiger partial charge in [-0.25, -0.2) is 37.0 Å². The smallest absolute Gasteiger partial charge is 0.352 e. The lowest BCUT2D eigenvalue weighted by atomic mass is 10.0. The van der Waals surface area contributed by atoms with E-state index < -0.39 is 41.9 Å². The average Bonchev–Trinajstić information content (AvgIpc) is 3.65. The molecule has 1 amide bonds. The maximum Gasteiger partial charge on any atom is 0.355 e. The van der Waals surface area contributed by atoms with E-state index in [1.54, 1.807) is 42.2 Å². The molecule has 48 heavy (non-hydrogen) atoms. The highest BCUT2D eigenvalue weighted by molar-refractivity contribution is 6.34. The molecule has 6 aromatic rings. The second-order valence-electron chi connectivity index (χ2n) is 11.2. The number of hydrogen-bond acceptors (Lipinski definition) is 8. The summed E-state index contributed by atoms with van der Waals surface area (Å²) < 4.78 is 47.6. The molecule has 0 saturated heterocycles. The fourth-order valence-electron chi connectivity index (χ4n) is 5.60. The van der Waals surface area contributed by atoms with E-state index in [9.17, 15) is 27.6 Å². The molecule has 2 aliphatic rings. The predicted octanol–water partition coefficient (Wildman–Crippen LogP) is 3.13. The van der Waals surface area contributed by atoms with Crippen molar-refractivity contribution in [1.29, 1.82) is 0 Å². The van der Waals surface area contributed by atoms with E-state index in [1.807, 2.05) is 6.07 Å². The van der Waals surface area contributed by atoms with Gasteiger partial charge in [0.25, 0.3) is 5.91 Å². The van der Waals surface area contributed by atoms with Gasteiger partial charge in [0.05, 0.1) is 35.9 Å². The summed E-state index contributed by atoms with van der Waals surface area (Å²) in [7, 11) is 1.72. The van der Waals surface area contributed by atoms with Crippen molar-refractivity contribution >= 4 is 40.0 Å². The van der Waals surface area contributed by atoms with Gasteiger partial charge < -0.3 is 10.6 Å². The molecule has 0 radical (unpaired) electrons. The van der Waals surface area contributed by atoms with Crippen molar-refractivity contribution in [3.05, 3.63) is 127 Å². The van der Waals surface area contributed by atoms with Gasteiger partial charge >= 0.3 is 11.4 Å². The molecule has 3 aromatic heterocycles. The zero-order valence-corrected chi connectivity index (χ0v) is 25.8. The van der Waals surface area contributed by atoms with Crippen LogP contribution in [0.15, 0.2) is 64.6 Å². The first kappa shape index (κ1) is 30.9. The van der Waals surface area contributed by atoms with Gasteiger partial charge in [0.1, 0.15) is 12.1 Å². The molecule has 0 atom stereocenters. The van der Waals surface area contributed by atoms with Crippen molar-refractivity contribution in [2.45, 2.75) is 26.1 Å². The first-order valence-electron chi connectivity index (χ1n) is 14.6. The molecule has 3 aromatic carbocycles. The Bertz CT molecular complexity index is 2380. The molecule has 2 aliphatic heterocycles. The fraction of sp³-hybridized carbons (Fsp3) is 0.194. The van der Waals surface area contributed by atoms with E-state index in [0.29, 0.717) is 34.2 Å². The molecule has 0 fully saturated rings. The number of anilines is 2. The van der Waals surface area contributed by atoms with Crippen molar-refractivity contribution in [1.82, 2.24) is 44.0 Å². The highest BCUT2D eigenvalue weighted by Crippen LogP contribution is 2.35. The number of halogens is 4. The van der Waals surface area contributed by atoms with Crippen LogP contribution in [0.4, 0.5) is 24.8 Å². The molecule has 0 unspecified atom stereocenters. The van der Waals surface area contributed by atoms with Crippen LogP contribution in [-0.4, -0.2) is 51.1 Å². The molecule has 6 bridgehead atoms. The Morgan fingerprint density at radius 1 is 0.979 bits per heavy atom. The Morgan fingerprint density at radius 3 is 2.62 bits per heavy atom. The van der Waals surface area contributed by atoms with Crippen LogP contribution >= 0.6 is 11.6 Å². The third-order valence-electron chi connectivity index (χ3n) is 7.87. The minimum absolute atomic E-state index is 0.0847. The number of carbonyl (C=O) groups excluding carboxylic acids is 1. The van der Waals surface area contributed by atoms with E-state index >= 15 is 0 Å². The summed E-state index contributed by atoms with van der Waals surface area (Å²) in [5.74, 6) is -4.45. The molecular formula is C31H24ClF3N10O3. The molecule has 17 heteroatoms. The lowest BCUT2D eigenvalue weighted by Crippen LogP contribution is -2.43. The monoisotopic (exact) mass is 676 g/mol. The van der Waals surface area contributed by atoms with Crippen molar-refractivity contribution in [2.24, 2.45) is 7.05 Å². The van der Waals surface area contributed by atoms with Crippen molar-refractivity contribution in [3.8, 4) is 0 Å². The highest BCUT2D eigenvalue weighted by Gasteiger charge is 2.22. The van der Waals surface area contributed by atoms with Gasteiger partial charge in [-0.3, -0.25) is 14.0 Å². The lowest BCUT2D eigenvalue weighted by Gasteiger charge is -2.19. The van der Waals surface area contributed by atoms with Gasteiger partial charge in [-0.2, -0.15) is 15.2 Å². The minimum atomic E-state index is -1.41. The maximum absolute atomic E-state index is 14.9. The number of carbonyl (C=O) groups is 1. The Kier molecular flexibility index (Phi) is 7.79. The minimum Gasteiger partial charge on any atom is -0.352 e. The van der Waals surface area contributed by atoms with Crippen LogP contribution in [-0.2, 0) is 33.1 Å². The highest BCUT2D eigenvalue weighted by atomic mass is 35.5. The van der Waals surface area contributed by atoms with Crippen molar-refractivity contribution in [3.63, 3.8) is 0 Å². The summed E-state index contributed by atoms with van der Waals surface area (Å²) in [5.41, 5.74) is 0.174. The largest absolute Gasteiger partial charge is 0.355 e. The maximum atomic E-state index is 14.9. The number of hydrogen-bond donors (Lipinski definition) is 2. The Balaban J connectivity index is 1.42. The molecule has 2 N–H and O–H groups in total. The van der Waals surface area contributed by atoms with Crippen LogP contribution < -0.4 is 22.0 Å². The second-order valence-corrected chi connectivity index (χ2v) is 11.6. The van der Waals surface area contributed by atoms with Gasteiger partial charge in [-0.1, -0.05) is 23.7 Å². The zero-order chi connectivity index (χ0) is 33.7. The van der Waals surface area contributed by atoms with Gasteiger partial charge in [0.15, 0.2) is 17.5 Å². The number of fused-ring (bicyclic) bond motifs is 6. The quantitative estimate of drug-likeness (QED) is 0.266. The molecule has 244 valence electrons. The van der Waals surface area contributed by atoms with Crippen LogP contribution in [0.5, 0.6) is 0 Å². The Morgan fingerprint density at radius 2 is 1.79 bits per heavy atom. The number of nitrogens with one attached hydrogen (secondary N) is 2. The fourth-order valence-corrected chi connectivity index (χ4v) is 5.87. The van der Waals surface area contributed by atoms with Crippen LogP contribution in [0.3, 0.4) is 0 Å². The average molecular weight is 677 g/mol. The van der Waals surface area contributed by atoms with E-state index in [-0.39, 0.29) is 53.5 Å². The van der Waals surface area contributed by atoms with E-state index in [0.717, 1.165) is 14.7 Å². The third-order valence-corrected chi connectivity index (χ3v) is 8.17. The summed E-state index contributed by atoms with van der Waals surface area (Å²) >= 11 is 6.74. The SMILES string of the molecule is Cn1cc2c3c(c(Cl)cc2n1)Nc1nc(=O)n(c(=O)n1Cc1cc(F)c(F)cc1F)Cc1ncn(n1)Cc1cccc(c1)C(=O)NCC3. The summed E-state index contributed by atoms with van der Waals surface area (Å²) in [6.07, 6.45) is 3.37. The standard InChI is InChI=1S/C31H24ClF3N10O3/c1-42-13-20-19-5-6-36-28(46)17-4-2-3-16(7-17)11-43-15-37-26(41-43)14-45-30(47)39-29(38-27(19)21(32)9-25(20)40-42)44(31(45)48)12-18-8-23(34)24(35)10-22(18)33/h2-4,7-10,13,15H,5-6,11-12,14H2,1H3,(H,36,46)(H,38,39,47). The van der Waals surface area contributed by atoms with Crippen LogP contribution in [0.25, 0.3) is 10.9 Å². The summed E-state index contributed by atoms with van der Waals surface area (Å²) in [4.78, 5) is 48.8.